The Morgan fingerprint density at radius 1 is 1.25 bits per heavy atom. The fraction of sp³-hybridized carbons (Fsp3) is 0.200. The number of carbonyl (C=O) groups excluding carboxylic acids is 1. The number of aromatic nitrogens is 1. The van der Waals surface area contributed by atoms with Gasteiger partial charge in [0.1, 0.15) is 0 Å². The Labute approximate surface area is 134 Å². The quantitative estimate of drug-likeness (QED) is 0.768. The predicted molar refractivity (Wildman–Crippen MR) is 76.1 cm³/mol. The number of pyridine rings is 1. The first-order valence-corrected chi connectivity index (χ1v) is 6.52. The topological polar surface area (TPSA) is 33.0 Å². The summed E-state index contributed by atoms with van der Waals surface area (Å²) in [6.07, 6.45) is 4.38. The number of anilines is 1. The van der Waals surface area contributed by atoms with E-state index in [2.05, 4.69) is 5.32 Å². The molecule has 0 atom stereocenters. The molecule has 0 aliphatic rings. The number of hydrogen-bond donors (Lipinski definition) is 1. The van der Waals surface area contributed by atoms with Gasteiger partial charge in [0.15, 0.2) is 18.9 Å². The monoisotopic (exact) mass is 354 g/mol. The summed E-state index contributed by atoms with van der Waals surface area (Å²) in [6, 6.07) is 11.2. The molecule has 0 unspecified atom stereocenters. The number of benzene rings is 1. The van der Waals surface area contributed by atoms with Crippen LogP contribution in [-0.2, 0) is 11.3 Å². The number of carbonyl (C=O) groups is 1. The molecule has 0 aliphatic heterocycles. The van der Waals surface area contributed by atoms with Gasteiger partial charge in [0.05, 0.1) is 6.42 Å². The Hall–Kier alpha value is -1.39. The first-order chi connectivity index (χ1) is 9.13. The number of nitrogens with zero attached hydrogens (tertiary/aromatic N) is 1. The predicted octanol–water partition coefficient (Wildman–Crippen LogP) is -0.0313. The second kappa shape index (κ2) is 8.02. The molecular weight excluding hydrogens is 340 g/mol. The van der Waals surface area contributed by atoms with Crippen molar-refractivity contribution in [1.82, 2.24) is 0 Å². The van der Waals surface area contributed by atoms with Crippen LogP contribution in [0.3, 0.4) is 0 Å². The van der Waals surface area contributed by atoms with Gasteiger partial charge in [-0.1, -0.05) is 17.7 Å². The number of halogens is 2. The molecule has 1 amide bonds. The van der Waals surface area contributed by atoms with Gasteiger partial charge in [0, 0.05) is 22.8 Å². The third kappa shape index (κ3) is 5.31. The summed E-state index contributed by atoms with van der Waals surface area (Å²) in [5, 5.41) is 3.44. The first kappa shape index (κ1) is 16.7. The molecule has 5 heteroatoms. The molecule has 0 bridgehead atoms. The number of rotatable bonds is 4. The number of amides is 1. The van der Waals surface area contributed by atoms with Crippen molar-refractivity contribution >= 4 is 23.2 Å². The van der Waals surface area contributed by atoms with E-state index in [-0.39, 0.29) is 22.9 Å². The van der Waals surface area contributed by atoms with Crippen molar-refractivity contribution in [1.29, 1.82) is 0 Å². The van der Waals surface area contributed by atoms with Crippen molar-refractivity contribution in [2.24, 2.45) is 0 Å². The minimum absolute atomic E-state index is 0. The summed E-state index contributed by atoms with van der Waals surface area (Å²) in [7, 11) is 0. The number of hydrogen-bond acceptors (Lipinski definition) is 1. The van der Waals surface area contributed by atoms with Crippen LogP contribution in [0.1, 0.15) is 12.0 Å². The Kier molecular flexibility index (Phi) is 6.68. The van der Waals surface area contributed by atoms with Crippen molar-refractivity contribution in [3.8, 4) is 0 Å². The summed E-state index contributed by atoms with van der Waals surface area (Å²) in [4.78, 5) is 11.8. The first-order valence-electron chi connectivity index (χ1n) is 6.14. The molecule has 1 N–H and O–H groups in total. The molecule has 0 saturated heterocycles. The summed E-state index contributed by atoms with van der Waals surface area (Å²) in [5.41, 5.74) is 1.94. The van der Waals surface area contributed by atoms with E-state index in [0.29, 0.717) is 18.0 Å². The molecule has 1 aromatic heterocycles. The van der Waals surface area contributed by atoms with E-state index in [1.807, 2.05) is 48.1 Å². The molecule has 1 heterocycles. The summed E-state index contributed by atoms with van der Waals surface area (Å²) in [5.74, 6) is -0.0182. The van der Waals surface area contributed by atoms with Crippen molar-refractivity contribution in [2.45, 2.75) is 19.9 Å². The van der Waals surface area contributed by atoms with Gasteiger partial charge in [-0.25, -0.2) is 4.57 Å². The zero-order valence-corrected chi connectivity index (χ0v) is 13.5. The van der Waals surface area contributed by atoms with E-state index in [1.54, 1.807) is 12.1 Å². The van der Waals surface area contributed by atoms with Crippen LogP contribution < -0.4 is 26.9 Å². The van der Waals surface area contributed by atoms with Gasteiger partial charge in [-0.15, -0.1) is 0 Å². The molecule has 3 nitrogen and oxygen atoms in total. The van der Waals surface area contributed by atoms with Gasteiger partial charge in [-0.3, -0.25) is 4.79 Å². The van der Waals surface area contributed by atoms with E-state index in [4.69, 9.17) is 11.6 Å². The smallest absolute Gasteiger partial charge is 0.230 e. The zero-order valence-electron chi connectivity index (χ0n) is 11.1. The fourth-order valence-corrected chi connectivity index (χ4v) is 1.89. The average Bonchev–Trinajstić information content (AvgIpc) is 2.38. The lowest BCUT2D eigenvalue weighted by molar-refractivity contribution is -0.695. The van der Waals surface area contributed by atoms with E-state index < -0.39 is 0 Å². The van der Waals surface area contributed by atoms with Crippen molar-refractivity contribution in [3.63, 3.8) is 0 Å². The van der Waals surface area contributed by atoms with Crippen molar-refractivity contribution in [2.75, 3.05) is 5.32 Å². The third-order valence-corrected chi connectivity index (χ3v) is 3.00. The van der Waals surface area contributed by atoms with E-state index in [0.717, 1.165) is 5.69 Å². The molecule has 2 rings (SSSR count). The highest BCUT2D eigenvalue weighted by Crippen LogP contribution is 2.14. The Bertz CT molecular complexity index is 572. The lowest BCUT2D eigenvalue weighted by atomic mass is 10.3. The largest absolute Gasteiger partial charge is 1.00 e. The van der Waals surface area contributed by atoms with Gasteiger partial charge >= 0.3 is 0 Å². The van der Waals surface area contributed by atoms with Crippen LogP contribution in [0.25, 0.3) is 0 Å². The van der Waals surface area contributed by atoms with Crippen LogP contribution in [0.15, 0.2) is 48.8 Å². The molecule has 20 heavy (non-hydrogen) atoms. The number of aryl methyl sites for hydroxylation is 2. The maximum atomic E-state index is 11.8. The maximum Gasteiger partial charge on any atom is 0.230 e. The van der Waals surface area contributed by atoms with Gasteiger partial charge < -0.3 is 22.3 Å². The second-order valence-corrected chi connectivity index (χ2v) is 4.86. The highest BCUT2D eigenvalue weighted by Gasteiger charge is 2.07. The lowest BCUT2D eigenvalue weighted by Gasteiger charge is -2.04. The minimum Gasteiger partial charge on any atom is -1.00 e. The van der Waals surface area contributed by atoms with Crippen LogP contribution in [0, 0.1) is 6.92 Å². The standard InChI is InChI=1S/C15H15ClN2O.BrH/c1-12-5-8-18(9-6-12)10-7-15(19)17-14-4-2-3-13(16)11-14;/h2-6,8-9,11H,7,10H2,1H3;1H. The maximum absolute atomic E-state index is 11.8. The summed E-state index contributed by atoms with van der Waals surface area (Å²) in [6.45, 7) is 2.70. The average molecular weight is 356 g/mol. The molecule has 0 fully saturated rings. The SMILES string of the molecule is Cc1cc[n+](CCC(=O)Nc2cccc(Cl)c2)cc1.[Br-]. The third-order valence-electron chi connectivity index (χ3n) is 2.76. The Balaban J connectivity index is 0.00000200. The molecule has 2 aromatic rings. The van der Waals surface area contributed by atoms with Crippen LogP contribution in [0.4, 0.5) is 5.69 Å². The highest BCUT2D eigenvalue weighted by atomic mass is 79.9. The van der Waals surface area contributed by atoms with E-state index in [1.165, 1.54) is 5.56 Å². The normalized spacial score (nSPS) is 9.70. The molecule has 0 radical (unpaired) electrons. The molecule has 0 spiro atoms. The summed E-state index contributed by atoms with van der Waals surface area (Å²) < 4.78 is 1.99. The van der Waals surface area contributed by atoms with Crippen molar-refractivity contribution < 1.29 is 26.3 Å². The van der Waals surface area contributed by atoms with Gasteiger partial charge in [0.2, 0.25) is 5.91 Å². The zero-order chi connectivity index (χ0) is 13.7. The van der Waals surface area contributed by atoms with Gasteiger partial charge in [-0.05, 0) is 30.7 Å². The molecule has 0 saturated carbocycles. The molecule has 106 valence electrons. The van der Waals surface area contributed by atoms with Crippen LogP contribution in [0.5, 0.6) is 0 Å². The fourth-order valence-electron chi connectivity index (χ4n) is 1.70. The van der Waals surface area contributed by atoms with Crippen LogP contribution >= 0.6 is 11.6 Å². The Morgan fingerprint density at radius 2 is 1.95 bits per heavy atom. The van der Waals surface area contributed by atoms with Crippen LogP contribution in [-0.4, -0.2) is 5.91 Å². The van der Waals surface area contributed by atoms with E-state index >= 15 is 0 Å². The van der Waals surface area contributed by atoms with Crippen LogP contribution in [0.2, 0.25) is 5.02 Å². The van der Waals surface area contributed by atoms with Gasteiger partial charge in [-0.2, -0.15) is 0 Å². The second-order valence-electron chi connectivity index (χ2n) is 4.42. The highest BCUT2D eigenvalue weighted by molar-refractivity contribution is 6.30. The van der Waals surface area contributed by atoms with Gasteiger partial charge in [0.25, 0.3) is 0 Å². The summed E-state index contributed by atoms with van der Waals surface area (Å²) >= 11 is 5.86. The molecule has 0 aliphatic carbocycles. The number of nitrogens with one attached hydrogen (secondary N) is 1. The molecular formula is C15H16BrClN2O. The van der Waals surface area contributed by atoms with Crippen molar-refractivity contribution in [3.05, 3.63) is 59.4 Å². The minimum atomic E-state index is -0.0182. The lowest BCUT2D eigenvalue weighted by Crippen LogP contribution is -3.00. The molecule has 1 aromatic carbocycles. The van der Waals surface area contributed by atoms with E-state index in [9.17, 15) is 4.79 Å². The Morgan fingerprint density at radius 3 is 2.60 bits per heavy atom.